The Morgan fingerprint density at radius 1 is 0.533 bits per heavy atom. The van der Waals surface area contributed by atoms with Crippen LogP contribution in [0.4, 0.5) is 0 Å². The second-order valence-electron chi connectivity index (χ2n) is 9.91. The molecule has 0 unspecified atom stereocenters. The van der Waals surface area contributed by atoms with E-state index in [0.29, 0.717) is 21.2 Å². The van der Waals surface area contributed by atoms with Crippen LogP contribution in [0.25, 0.3) is 0 Å². The zero-order valence-corrected chi connectivity index (χ0v) is 25.5. The van der Waals surface area contributed by atoms with Crippen molar-refractivity contribution >= 4 is 50.1 Å². The molecule has 0 fully saturated rings. The van der Waals surface area contributed by atoms with Crippen LogP contribution in [0.3, 0.4) is 0 Å². The summed E-state index contributed by atoms with van der Waals surface area (Å²) in [7, 11) is -4.79. The minimum atomic E-state index is -4.79. The topological polar surface area (TPSA) is 136 Å². The molecule has 5 aromatic carbocycles. The fraction of sp³-hybridized carbons (Fsp3) is 0.0588. The fourth-order valence-electron chi connectivity index (χ4n) is 5.30. The summed E-state index contributed by atoms with van der Waals surface area (Å²) in [5, 5.41) is 20.8. The molecule has 230 valence electrons. The molecule has 11 heteroatoms. The first-order chi connectivity index (χ1) is 21.6. The van der Waals surface area contributed by atoms with Crippen molar-refractivity contribution in [3.8, 4) is 11.5 Å². The van der Waals surface area contributed by atoms with E-state index >= 15 is 0 Å². The summed E-state index contributed by atoms with van der Waals surface area (Å²) >= 11 is 0. The van der Waals surface area contributed by atoms with Gasteiger partial charge in [-0.25, -0.2) is 0 Å². The number of carboxylic acid groups (broad SMARTS) is 2. The van der Waals surface area contributed by atoms with E-state index in [4.69, 9.17) is 23.7 Å². The second-order valence-corrected chi connectivity index (χ2v) is 16.0. The van der Waals surface area contributed by atoms with E-state index in [-0.39, 0.29) is 11.5 Å². The van der Waals surface area contributed by atoms with Crippen molar-refractivity contribution < 1.29 is 41.7 Å². The Balaban J connectivity index is 1.87. The normalized spacial score (nSPS) is 12.4. The van der Waals surface area contributed by atoms with Crippen LogP contribution in [-0.4, -0.2) is 43.8 Å². The molecule has 0 heterocycles. The number of rotatable bonds is 13. The Kier molecular flexibility index (Phi) is 9.01. The summed E-state index contributed by atoms with van der Waals surface area (Å²) in [5.74, 6) is -2.92. The van der Waals surface area contributed by atoms with E-state index < -0.39 is 47.0 Å². The van der Waals surface area contributed by atoms with Crippen LogP contribution in [-0.2, 0) is 23.7 Å². The summed E-state index contributed by atoms with van der Waals surface area (Å²) in [5.41, 5.74) is 0. The van der Waals surface area contributed by atoms with Crippen molar-refractivity contribution in [2.45, 2.75) is 4.90 Å². The first-order valence-corrected chi connectivity index (χ1v) is 17.3. The Hall–Kier alpha value is -5.02. The van der Waals surface area contributed by atoms with Crippen LogP contribution in [0.15, 0.2) is 144 Å². The molecule has 0 saturated heterocycles. The molecule has 0 aliphatic carbocycles. The molecule has 0 aliphatic heterocycles. The van der Waals surface area contributed by atoms with Crippen molar-refractivity contribution in [3.63, 3.8) is 0 Å². The number of hydrogen-bond acceptors (Lipinski definition) is 7. The van der Waals surface area contributed by atoms with E-state index in [0.717, 1.165) is 12.1 Å². The first-order valence-electron chi connectivity index (χ1n) is 13.7. The van der Waals surface area contributed by atoms with Gasteiger partial charge in [0.05, 0.1) is 0 Å². The molecular weight excluding hydrogens is 615 g/mol. The average molecular weight is 645 g/mol. The van der Waals surface area contributed by atoms with Gasteiger partial charge < -0.3 is 0 Å². The number of aliphatic carboxylic acids is 2. The summed E-state index contributed by atoms with van der Waals surface area (Å²) in [4.78, 5) is 22.1. The molecule has 0 aliphatic rings. The van der Waals surface area contributed by atoms with Crippen LogP contribution in [0.5, 0.6) is 11.5 Å². The maximum atomic E-state index is 14.8. The molecule has 0 saturated carbocycles. The van der Waals surface area contributed by atoms with Gasteiger partial charge in [0.25, 0.3) is 0 Å². The molecule has 5 rings (SSSR count). The molecule has 0 aromatic heterocycles. The van der Waals surface area contributed by atoms with Gasteiger partial charge in [0.1, 0.15) is 0 Å². The van der Waals surface area contributed by atoms with Crippen LogP contribution < -0.4 is 30.7 Å². The standard InChI is InChI=1S/C34H29O9PS/c35-33(36)24-41-26-21-27(42-25-34(37)38)23-32(22-26)45(39,40)43-44(28-13-5-1-6-14-28,29-15-7-2-8-16-29,30-17-9-3-10-18-30)31-19-11-4-12-20-31/h1-23H,24-25H2,(H,35,36)(H,37,38). The van der Waals surface area contributed by atoms with Crippen LogP contribution >= 0.6 is 6.83 Å². The summed E-state index contributed by atoms with van der Waals surface area (Å²) in [6.45, 7) is -6.22. The second kappa shape index (κ2) is 12.9. The summed E-state index contributed by atoms with van der Waals surface area (Å²) < 4.78 is 47.1. The predicted molar refractivity (Wildman–Crippen MR) is 172 cm³/mol. The van der Waals surface area contributed by atoms with E-state index in [1.165, 1.54) is 6.07 Å². The van der Waals surface area contributed by atoms with Gasteiger partial charge in [0, 0.05) is 0 Å². The van der Waals surface area contributed by atoms with Gasteiger partial charge in [-0.3, -0.25) is 0 Å². The molecule has 2 N–H and O–H groups in total. The van der Waals surface area contributed by atoms with Gasteiger partial charge in [0.2, 0.25) is 0 Å². The van der Waals surface area contributed by atoms with E-state index in [1.807, 2.05) is 121 Å². The molecule has 0 spiro atoms. The molecule has 0 atom stereocenters. The predicted octanol–water partition coefficient (Wildman–Crippen LogP) is 4.09. The Bertz CT molecular complexity index is 1700. The fourth-order valence-corrected chi connectivity index (χ4v) is 13.9. The van der Waals surface area contributed by atoms with Crippen molar-refractivity contribution in [1.29, 1.82) is 0 Å². The molecule has 9 nitrogen and oxygen atoms in total. The van der Waals surface area contributed by atoms with Crippen molar-refractivity contribution in [2.75, 3.05) is 13.2 Å². The number of hydrogen-bond donors (Lipinski definition) is 2. The van der Waals surface area contributed by atoms with Gasteiger partial charge in [-0.05, 0) is 0 Å². The Morgan fingerprint density at radius 2 is 0.844 bits per heavy atom. The number of carbonyl (C=O) groups is 2. The molecule has 5 aromatic rings. The van der Waals surface area contributed by atoms with Crippen LogP contribution in [0, 0.1) is 0 Å². The van der Waals surface area contributed by atoms with E-state index in [1.54, 1.807) is 0 Å². The zero-order chi connectivity index (χ0) is 31.9. The molecule has 0 bridgehead atoms. The number of ether oxygens (including phenoxy) is 2. The third kappa shape index (κ3) is 6.04. The number of benzene rings is 5. The SMILES string of the molecule is O=C(O)COc1cc(OCC(=O)O)cc(S(=O)(=O)OP(c2ccccc2)(c2ccccc2)(c2ccccc2)c2ccccc2)c1. The van der Waals surface area contributed by atoms with Gasteiger partial charge in [0.15, 0.2) is 0 Å². The quantitative estimate of drug-likeness (QED) is 0.182. The average Bonchev–Trinajstić information content (AvgIpc) is 3.07. The van der Waals surface area contributed by atoms with Gasteiger partial charge >= 0.3 is 261 Å². The van der Waals surface area contributed by atoms with Crippen molar-refractivity contribution in [3.05, 3.63) is 140 Å². The van der Waals surface area contributed by atoms with Crippen molar-refractivity contribution in [1.82, 2.24) is 0 Å². The van der Waals surface area contributed by atoms with E-state index in [2.05, 4.69) is 0 Å². The van der Waals surface area contributed by atoms with Gasteiger partial charge in [-0.2, -0.15) is 0 Å². The number of carboxylic acids is 2. The molecule has 0 amide bonds. The Morgan fingerprint density at radius 3 is 1.13 bits per heavy atom. The monoisotopic (exact) mass is 644 g/mol. The van der Waals surface area contributed by atoms with Crippen molar-refractivity contribution in [2.24, 2.45) is 0 Å². The van der Waals surface area contributed by atoms with Gasteiger partial charge in [-0.1, -0.05) is 0 Å². The van der Waals surface area contributed by atoms with E-state index in [9.17, 15) is 18.0 Å². The minimum absolute atomic E-state index is 0.165. The molecular formula is C34H29O9PS. The third-order valence-corrected chi connectivity index (χ3v) is 15.0. The van der Waals surface area contributed by atoms with Crippen LogP contribution in [0.2, 0.25) is 0 Å². The molecule has 0 radical (unpaired) electrons. The third-order valence-electron chi connectivity index (χ3n) is 7.11. The first kappa shape index (κ1) is 31.4. The van der Waals surface area contributed by atoms with Gasteiger partial charge in [-0.15, -0.1) is 0 Å². The molecule has 45 heavy (non-hydrogen) atoms. The summed E-state index contributed by atoms with van der Waals surface area (Å²) in [6.07, 6.45) is 0. The zero-order valence-electron chi connectivity index (χ0n) is 23.8. The summed E-state index contributed by atoms with van der Waals surface area (Å²) in [6, 6.07) is 40.1. The van der Waals surface area contributed by atoms with Crippen LogP contribution in [0.1, 0.15) is 0 Å². The maximum absolute atomic E-state index is 14.8. The Labute approximate surface area is 260 Å².